The molecule has 3 aliphatic rings. The van der Waals surface area contributed by atoms with Crippen LogP contribution in [0.15, 0.2) is 36.7 Å². The van der Waals surface area contributed by atoms with Gasteiger partial charge in [0.1, 0.15) is 0 Å². The molecule has 0 aromatic carbocycles. The average molecular weight is 418 g/mol. The summed E-state index contributed by atoms with van der Waals surface area (Å²) < 4.78 is 0. The van der Waals surface area contributed by atoms with Gasteiger partial charge < -0.3 is 5.32 Å². The first-order valence-electron chi connectivity index (χ1n) is 13.0. The lowest BCUT2D eigenvalue weighted by atomic mass is 10.1. The van der Waals surface area contributed by atoms with E-state index in [0.717, 1.165) is 5.66 Å². The highest BCUT2D eigenvalue weighted by Gasteiger charge is 2.20. The molecule has 2 heterocycles. The molecule has 1 saturated heterocycles. The molecule has 0 aromatic heterocycles. The number of nitrogens with one attached hydrogen (secondary N) is 1. The lowest BCUT2D eigenvalue weighted by Crippen LogP contribution is -2.11. The summed E-state index contributed by atoms with van der Waals surface area (Å²) in [5.74, 6) is 0. The minimum atomic E-state index is 0.368. The van der Waals surface area contributed by atoms with Crippen LogP contribution in [0.25, 0.3) is 0 Å². The molecule has 1 N–H and O–H groups in total. The number of rotatable bonds is 1. The second kappa shape index (κ2) is 18.2. The third-order valence-corrected chi connectivity index (χ3v) is 10.0. The van der Waals surface area contributed by atoms with Gasteiger partial charge >= 0.3 is 0 Å². The molecule has 2 fully saturated rings. The van der Waals surface area contributed by atoms with Crippen LogP contribution in [0.5, 0.6) is 0 Å². The predicted molar refractivity (Wildman–Crippen MR) is 134 cm³/mol. The average Bonchev–Trinajstić information content (AvgIpc) is 3.10. The highest BCUT2D eigenvalue weighted by molar-refractivity contribution is 7.58. The summed E-state index contributed by atoms with van der Waals surface area (Å²) in [5.41, 5.74) is 1.15. The molecular weight excluding hydrogens is 369 g/mol. The smallest absolute Gasteiger partial charge is 0.000442 e. The molecule has 2 aliphatic heterocycles. The highest BCUT2D eigenvalue weighted by Crippen LogP contribution is 2.48. The summed E-state index contributed by atoms with van der Waals surface area (Å²) in [6.07, 6.45) is 42.5. The predicted octanol–water partition coefficient (Wildman–Crippen LogP) is 9.06. The second-order valence-electron chi connectivity index (χ2n) is 9.19. The Morgan fingerprint density at radius 2 is 0.828 bits per heavy atom. The molecule has 29 heavy (non-hydrogen) atoms. The molecule has 1 saturated carbocycles. The lowest BCUT2D eigenvalue weighted by Gasteiger charge is -2.28. The molecule has 0 atom stereocenters. The van der Waals surface area contributed by atoms with Gasteiger partial charge in [0, 0.05) is 12.4 Å². The maximum absolute atomic E-state index is 2.92. The van der Waals surface area contributed by atoms with Crippen molar-refractivity contribution in [2.75, 3.05) is 12.3 Å². The highest BCUT2D eigenvalue weighted by atomic mass is 31.1. The first kappa shape index (κ1) is 24.7. The van der Waals surface area contributed by atoms with Crippen molar-refractivity contribution >= 4 is 7.92 Å². The minimum absolute atomic E-state index is 0.368. The Labute approximate surface area is 183 Å². The first-order chi connectivity index (χ1) is 14.5. The Morgan fingerprint density at radius 3 is 1.28 bits per heavy atom. The van der Waals surface area contributed by atoms with E-state index in [-0.39, 0.29) is 0 Å². The number of hydrogen-bond acceptors (Lipinski definition) is 1. The Kier molecular flexibility index (Phi) is 15.5. The molecule has 3 rings (SSSR count). The van der Waals surface area contributed by atoms with Crippen LogP contribution in [-0.4, -0.2) is 18.0 Å². The molecule has 0 spiro atoms. The molecular formula is C27H48NP. The summed E-state index contributed by atoms with van der Waals surface area (Å²) in [7, 11) is 0.368. The summed E-state index contributed by atoms with van der Waals surface area (Å²) in [4.78, 5) is 0. The van der Waals surface area contributed by atoms with Crippen LogP contribution >= 0.6 is 7.92 Å². The minimum Gasteiger partial charge on any atom is -0.368 e. The van der Waals surface area contributed by atoms with Crippen molar-refractivity contribution in [2.24, 2.45) is 0 Å². The van der Waals surface area contributed by atoms with Crippen molar-refractivity contribution in [3.05, 3.63) is 36.7 Å². The zero-order chi connectivity index (χ0) is 20.2. The van der Waals surface area contributed by atoms with E-state index in [1.165, 1.54) is 77.0 Å². The van der Waals surface area contributed by atoms with Gasteiger partial charge in [0.05, 0.1) is 0 Å². The fourth-order valence-corrected chi connectivity index (χ4v) is 8.21. The first-order valence-corrected chi connectivity index (χ1v) is 14.7. The molecule has 0 radical (unpaired) electrons. The van der Waals surface area contributed by atoms with Crippen LogP contribution in [0.4, 0.5) is 0 Å². The van der Waals surface area contributed by atoms with Crippen molar-refractivity contribution in [1.29, 1.82) is 0 Å². The van der Waals surface area contributed by atoms with Gasteiger partial charge in [-0.1, -0.05) is 102 Å². The summed E-state index contributed by atoms with van der Waals surface area (Å²) in [5, 5.41) is 2.92. The lowest BCUT2D eigenvalue weighted by molar-refractivity contribution is 0.585. The van der Waals surface area contributed by atoms with Gasteiger partial charge in [-0.2, -0.15) is 0 Å². The van der Waals surface area contributed by atoms with Crippen molar-refractivity contribution in [2.45, 2.75) is 121 Å². The molecule has 2 heteroatoms. The molecule has 0 aromatic rings. The van der Waals surface area contributed by atoms with E-state index < -0.39 is 0 Å². The van der Waals surface area contributed by atoms with Crippen LogP contribution in [0.1, 0.15) is 116 Å². The van der Waals surface area contributed by atoms with Gasteiger partial charge in [-0.05, 0) is 55.8 Å². The third kappa shape index (κ3) is 13.4. The zero-order valence-electron chi connectivity index (χ0n) is 19.1. The Balaban J connectivity index is 0.000000360. The molecule has 166 valence electrons. The van der Waals surface area contributed by atoms with Gasteiger partial charge in [-0.3, -0.25) is 0 Å². The largest absolute Gasteiger partial charge is 0.368 e. The normalized spacial score (nSPS) is 24.1. The van der Waals surface area contributed by atoms with E-state index >= 15 is 0 Å². The Bertz CT molecular complexity index is 389. The SMILES string of the molecule is C1=CC=CNC=C1.C1CCCCCC(P2CCCCCCCCCC2)CCCC1. The number of allylic oxidation sites excluding steroid dienone is 4. The van der Waals surface area contributed by atoms with E-state index in [1.807, 2.05) is 36.7 Å². The van der Waals surface area contributed by atoms with Crippen molar-refractivity contribution in [3.8, 4) is 0 Å². The van der Waals surface area contributed by atoms with Crippen LogP contribution in [0.2, 0.25) is 0 Å². The van der Waals surface area contributed by atoms with E-state index in [9.17, 15) is 0 Å². The molecule has 1 aliphatic carbocycles. The van der Waals surface area contributed by atoms with Crippen LogP contribution in [-0.2, 0) is 0 Å². The second-order valence-corrected chi connectivity index (χ2v) is 12.0. The van der Waals surface area contributed by atoms with Crippen molar-refractivity contribution in [1.82, 2.24) is 5.32 Å². The van der Waals surface area contributed by atoms with E-state index in [0.29, 0.717) is 7.92 Å². The monoisotopic (exact) mass is 417 g/mol. The number of hydrogen-bond donors (Lipinski definition) is 1. The fourth-order valence-electron chi connectivity index (χ4n) is 4.90. The van der Waals surface area contributed by atoms with Crippen LogP contribution < -0.4 is 5.32 Å². The van der Waals surface area contributed by atoms with E-state index in [4.69, 9.17) is 0 Å². The standard InChI is InChI=1S/C21H41P.C6H7N/c1-2-6-10-14-18-21(17-13-9-5-1)22-19-15-11-7-3-4-8-12-16-20-22;1-2-4-6-7-5-3-1/h21H,1-20H2;1-7H. The molecule has 0 unspecified atom stereocenters. The van der Waals surface area contributed by atoms with Crippen LogP contribution in [0.3, 0.4) is 0 Å². The molecule has 1 nitrogen and oxygen atoms in total. The molecule has 0 bridgehead atoms. The quantitative estimate of drug-likeness (QED) is 0.419. The Morgan fingerprint density at radius 1 is 0.448 bits per heavy atom. The van der Waals surface area contributed by atoms with Gasteiger partial charge in [0.2, 0.25) is 0 Å². The van der Waals surface area contributed by atoms with Crippen LogP contribution in [0, 0.1) is 0 Å². The van der Waals surface area contributed by atoms with Crippen molar-refractivity contribution < 1.29 is 0 Å². The van der Waals surface area contributed by atoms with E-state index in [2.05, 4.69) is 5.32 Å². The fraction of sp³-hybridized carbons (Fsp3) is 0.778. The zero-order valence-corrected chi connectivity index (χ0v) is 20.0. The van der Waals surface area contributed by atoms with Gasteiger partial charge in [0.15, 0.2) is 0 Å². The summed E-state index contributed by atoms with van der Waals surface area (Å²) >= 11 is 0. The van der Waals surface area contributed by atoms with E-state index in [1.54, 1.807) is 50.8 Å². The van der Waals surface area contributed by atoms with Crippen molar-refractivity contribution in [3.63, 3.8) is 0 Å². The Hall–Kier alpha value is -0.550. The summed E-state index contributed by atoms with van der Waals surface area (Å²) in [6, 6.07) is 0. The molecule has 0 amide bonds. The van der Waals surface area contributed by atoms with Gasteiger partial charge in [-0.15, -0.1) is 7.92 Å². The topological polar surface area (TPSA) is 12.0 Å². The summed E-state index contributed by atoms with van der Waals surface area (Å²) in [6.45, 7) is 0. The van der Waals surface area contributed by atoms with Gasteiger partial charge in [0.25, 0.3) is 0 Å². The third-order valence-electron chi connectivity index (χ3n) is 6.70. The van der Waals surface area contributed by atoms with Gasteiger partial charge in [-0.25, -0.2) is 0 Å². The maximum Gasteiger partial charge on any atom is 0.000442 e. The maximum atomic E-state index is 2.92.